The number of pyridine rings is 1. The number of rotatable bonds is 1. The van der Waals surface area contributed by atoms with Gasteiger partial charge in [-0.2, -0.15) is 5.10 Å². The molecule has 0 spiro atoms. The standard InChI is InChI=1S/C10H12N2.C2H6/c1-8(2)10-5-3-4-9-6-7-11-12(9)10;1-2/h3-8H,1-2H3;1-2H3. The lowest BCUT2D eigenvalue weighted by molar-refractivity contribution is 0.757. The van der Waals surface area contributed by atoms with Gasteiger partial charge in [-0.15, -0.1) is 0 Å². The van der Waals surface area contributed by atoms with E-state index >= 15 is 0 Å². The Labute approximate surface area is 85.6 Å². The maximum atomic E-state index is 4.26. The van der Waals surface area contributed by atoms with Gasteiger partial charge in [0.05, 0.1) is 5.52 Å². The van der Waals surface area contributed by atoms with Crippen LogP contribution < -0.4 is 0 Å². The van der Waals surface area contributed by atoms with Crippen molar-refractivity contribution in [2.75, 3.05) is 0 Å². The molecule has 2 nitrogen and oxygen atoms in total. The molecule has 0 atom stereocenters. The first kappa shape index (κ1) is 10.8. The molecule has 2 aromatic heterocycles. The summed E-state index contributed by atoms with van der Waals surface area (Å²) in [7, 11) is 0. The molecular formula is C12H18N2. The minimum Gasteiger partial charge on any atom is -0.238 e. The van der Waals surface area contributed by atoms with Crippen molar-refractivity contribution in [3.05, 3.63) is 36.2 Å². The molecule has 0 bridgehead atoms. The predicted molar refractivity (Wildman–Crippen MR) is 60.6 cm³/mol. The summed E-state index contributed by atoms with van der Waals surface area (Å²) >= 11 is 0. The summed E-state index contributed by atoms with van der Waals surface area (Å²) in [6.45, 7) is 8.35. The van der Waals surface area contributed by atoms with E-state index in [1.54, 1.807) is 0 Å². The fourth-order valence-corrected chi connectivity index (χ4v) is 1.41. The summed E-state index contributed by atoms with van der Waals surface area (Å²) in [4.78, 5) is 0. The van der Waals surface area contributed by atoms with E-state index in [1.807, 2.05) is 30.6 Å². The Bertz CT molecular complexity index is 388. The summed E-state index contributed by atoms with van der Waals surface area (Å²) in [6, 6.07) is 8.28. The first-order valence-corrected chi connectivity index (χ1v) is 5.21. The van der Waals surface area contributed by atoms with Crippen LogP contribution in [0.2, 0.25) is 0 Å². The lowest BCUT2D eigenvalue weighted by Crippen LogP contribution is -1.99. The van der Waals surface area contributed by atoms with Gasteiger partial charge in [-0.25, -0.2) is 4.52 Å². The Morgan fingerprint density at radius 2 is 1.86 bits per heavy atom. The molecule has 0 unspecified atom stereocenters. The third-order valence-electron chi connectivity index (χ3n) is 2.04. The topological polar surface area (TPSA) is 17.3 Å². The molecule has 0 aliphatic heterocycles. The monoisotopic (exact) mass is 190 g/mol. The fraction of sp³-hybridized carbons (Fsp3) is 0.417. The first-order chi connectivity index (χ1) is 6.79. The molecule has 76 valence electrons. The molecule has 0 saturated heterocycles. The molecule has 0 radical (unpaired) electrons. The van der Waals surface area contributed by atoms with Crippen LogP contribution in [0.25, 0.3) is 5.52 Å². The zero-order chi connectivity index (χ0) is 10.6. The van der Waals surface area contributed by atoms with Crippen LogP contribution in [0.3, 0.4) is 0 Å². The molecule has 2 aromatic rings. The molecule has 14 heavy (non-hydrogen) atoms. The van der Waals surface area contributed by atoms with Crippen molar-refractivity contribution in [1.29, 1.82) is 0 Å². The van der Waals surface area contributed by atoms with Gasteiger partial charge in [0, 0.05) is 11.9 Å². The molecule has 0 aliphatic rings. The Balaban J connectivity index is 0.000000461. The van der Waals surface area contributed by atoms with Gasteiger partial charge in [0.2, 0.25) is 0 Å². The van der Waals surface area contributed by atoms with E-state index in [0.29, 0.717) is 5.92 Å². The minimum atomic E-state index is 0.522. The highest BCUT2D eigenvalue weighted by molar-refractivity contribution is 5.46. The van der Waals surface area contributed by atoms with E-state index in [0.717, 1.165) is 0 Å². The second-order valence-electron chi connectivity index (χ2n) is 3.27. The summed E-state index contributed by atoms with van der Waals surface area (Å²) in [5.74, 6) is 0.522. The van der Waals surface area contributed by atoms with Crippen LogP contribution in [-0.4, -0.2) is 9.61 Å². The highest BCUT2D eigenvalue weighted by atomic mass is 15.2. The quantitative estimate of drug-likeness (QED) is 0.673. The minimum absolute atomic E-state index is 0.522. The SMILES string of the molecule is CC.CC(C)c1cccc2ccnn12. The zero-order valence-electron chi connectivity index (χ0n) is 9.36. The van der Waals surface area contributed by atoms with Crippen LogP contribution >= 0.6 is 0 Å². The van der Waals surface area contributed by atoms with Gasteiger partial charge < -0.3 is 0 Å². The van der Waals surface area contributed by atoms with Crippen molar-refractivity contribution < 1.29 is 0 Å². The van der Waals surface area contributed by atoms with Crippen molar-refractivity contribution in [3.63, 3.8) is 0 Å². The number of nitrogens with zero attached hydrogens (tertiary/aromatic N) is 2. The van der Waals surface area contributed by atoms with Gasteiger partial charge in [-0.05, 0) is 24.1 Å². The zero-order valence-corrected chi connectivity index (χ0v) is 9.36. The molecule has 2 rings (SSSR count). The Morgan fingerprint density at radius 1 is 1.14 bits per heavy atom. The third-order valence-corrected chi connectivity index (χ3v) is 2.04. The smallest absolute Gasteiger partial charge is 0.0664 e. The summed E-state index contributed by atoms with van der Waals surface area (Å²) in [6.07, 6.45) is 1.83. The lowest BCUT2D eigenvalue weighted by Gasteiger charge is -2.06. The second-order valence-corrected chi connectivity index (χ2v) is 3.27. The molecule has 2 heteroatoms. The molecule has 0 saturated carbocycles. The summed E-state index contributed by atoms with van der Waals surface area (Å²) in [5.41, 5.74) is 2.43. The van der Waals surface area contributed by atoms with Crippen molar-refractivity contribution in [3.8, 4) is 0 Å². The molecule has 0 aromatic carbocycles. The van der Waals surface area contributed by atoms with Gasteiger partial charge in [-0.1, -0.05) is 33.8 Å². The van der Waals surface area contributed by atoms with Crippen LogP contribution in [0.4, 0.5) is 0 Å². The van der Waals surface area contributed by atoms with Crippen molar-refractivity contribution in [1.82, 2.24) is 9.61 Å². The summed E-state index contributed by atoms with van der Waals surface area (Å²) < 4.78 is 1.99. The number of hydrogen-bond acceptors (Lipinski definition) is 1. The highest BCUT2D eigenvalue weighted by Gasteiger charge is 2.03. The average molecular weight is 190 g/mol. The van der Waals surface area contributed by atoms with Gasteiger partial charge in [0.15, 0.2) is 0 Å². The molecule has 0 aliphatic carbocycles. The van der Waals surface area contributed by atoms with Gasteiger partial charge in [-0.3, -0.25) is 0 Å². The van der Waals surface area contributed by atoms with Crippen molar-refractivity contribution >= 4 is 5.52 Å². The Kier molecular flexibility index (Phi) is 3.69. The van der Waals surface area contributed by atoms with Crippen LogP contribution in [0.15, 0.2) is 30.5 Å². The van der Waals surface area contributed by atoms with Crippen molar-refractivity contribution in [2.45, 2.75) is 33.6 Å². The van der Waals surface area contributed by atoms with E-state index in [4.69, 9.17) is 0 Å². The number of fused-ring (bicyclic) bond motifs is 1. The van der Waals surface area contributed by atoms with Crippen LogP contribution in [0, 0.1) is 0 Å². The van der Waals surface area contributed by atoms with Gasteiger partial charge in [0.1, 0.15) is 0 Å². The molecular weight excluding hydrogens is 172 g/mol. The molecule has 0 amide bonds. The van der Waals surface area contributed by atoms with E-state index < -0.39 is 0 Å². The predicted octanol–water partition coefficient (Wildman–Crippen LogP) is 3.48. The van der Waals surface area contributed by atoms with E-state index in [9.17, 15) is 0 Å². The fourth-order valence-electron chi connectivity index (χ4n) is 1.41. The lowest BCUT2D eigenvalue weighted by atomic mass is 10.1. The second kappa shape index (κ2) is 4.80. The Morgan fingerprint density at radius 3 is 2.50 bits per heavy atom. The van der Waals surface area contributed by atoms with Crippen LogP contribution in [0.1, 0.15) is 39.3 Å². The molecule has 0 fully saturated rings. The normalized spacial score (nSPS) is 10.1. The van der Waals surface area contributed by atoms with Crippen LogP contribution in [0.5, 0.6) is 0 Å². The average Bonchev–Trinajstić information content (AvgIpc) is 2.67. The number of aromatic nitrogens is 2. The van der Waals surface area contributed by atoms with Crippen molar-refractivity contribution in [2.24, 2.45) is 0 Å². The Hall–Kier alpha value is -1.31. The summed E-state index contributed by atoms with van der Waals surface area (Å²) in [5, 5.41) is 4.26. The number of hydrogen-bond donors (Lipinski definition) is 0. The van der Waals surface area contributed by atoms with E-state index in [2.05, 4.69) is 37.1 Å². The first-order valence-electron chi connectivity index (χ1n) is 5.21. The molecule has 0 N–H and O–H groups in total. The maximum Gasteiger partial charge on any atom is 0.0664 e. The maximum absolute atomic E-state index is 4.26. The van der Waals surface area contributed by atoms with E-state index in [1.165, 1.54) is 11.2 Å². The highest BCUT2D eigenvalue weighted by Crippen LogP contribution is 2.15. The van der Waals surface area contributed by atoms with Gasteiger partial charge >= 0.3 is 0 Å². The van der Waals surface area contributed by atoms with Gasteiger partial charge in [0.25, 0.3) is 0 Å². The largest absolute Gasteiger partial charge is 0.238 e. The van der Waals surface area contributed by atoms with E-state index in [-0.39, 0.29) is 0 Å². The van der Waals surface area contributed by atoms with Crippen LogP contribution in [-0.2, 0) is 0 Å². The third kappa shape index (κ3) is 1.95. The molecule has 2 heterocycles.